The molecule has 0 fully saturated rings. The molecule has 0 saturated carbocycles. The molecular weight excluding hydrogens is 378 g/mol. The monoisotopic (exact) mass is 391 g/mol. The van der Waals surface area contributed by atoms with Gasteiger partial charge in [-0.05, 0) is 36.8 Å². The highest BCUT2D eigenvalue weighted by Gasteiger charge is 2.18. The Labute approximate surface area is 143 Å². The first-order valence-electron chi connectivity index (χ1n) is 6.95. The van der Waals surface area contributed by atoms with E-state index in [1.54, 1.807) is 24.3 Å². The average Bonchev–Trinajstić information content (AvgIpc) is 2.55. The molecule has 23 heavy (non-hydrogen) atoms. The fourth-order valence-electron chi connectivity index (χ4n) is 2.20. The summed E-state index contributed by atoms with van der Waals surface area (Å²) in [4.78, 5) is 4.50. The van der Waals surface area contributed by atoms with Crippen molar-refractivity contribution in [1.29, 1.82) is 0 Å². The number of para-hydroxylation sites is 1. The van der Waals surface area contributed by atoms with Crippen LogP contribution in [-0.4, -0.2) is 13.4 Å². The second kappa shape index (κ2) is 6.29. The third kappa shape index (κ3) is 3.38. The van der Waals surface area contributed by atoms with Gasteiger partial charge in [-0.3, -0.25) is 0 Å². The number of halogens is 1. The van der Waals surface area contributed by atoms with Crippen LogP contribution in [0.3, 0.4) is 0 Å². The second-order valence-corrected chi connectivity index (χ2v) is 7.20. The minimum atomic E-state index is -3.90. The molecular formula is C17H14BrNO3S. The van der Waals surface area contributed by atoms with Gasteiger partial charge < -0.3 is 4.18 Å². The smallest absolute Gasteiger partial charge is 0.339 e. The molecule has 0 aliphatic carbocycles. The zero-order valence-electron chi connectivity index (χ0n) is 12.4. The Morgan fingerprint density at radius 2 is 1.78 bits per heavy atom. The SMILES string of the molecule is Cc1ccc2cccc(OS(=O)(=O)c3ccc(CBr)cc3)c2n1. The number of aromatic nitrogens is 1. The van der Waals surface area contributed by atoms with Crippen molar-refractivity contribution in [2.75, 3.05) is 0 Å². The van der Waals surface area contributed by atoms with Crippen molar-refractivity contribution in [3.63, 3.8) is 0 Å². The van der Waals surface area contributed by atoms with E-state index < -0.39 is 10.1 Å². The number of rotatable bonds is 4. The minimum absolute atomic E-state index is 0.117. The summed E-state index contributed by atoms with van der Waals surface area (Å²) in [5, 5.41) is 1.50. The van der Waals surface area contributed by atoms with Crippen molar-refractivity contribution in [1.82, 2.24) is 4.98 Å². The normalized spacial score (nSPS) is 11.6. The predicted molar refractivity (Wildman–Crippen MR) is 93.4 cm³/mol. The van der Waals surface area contributed by atoms with Crippen LogP contribution in [0.15, 0.2) is 59.5 Å². The molecule has 0 bridgehead atoms. The number of aryl methyl sites for hydroxylation is 1. The lowest BCUT2D eigenvalue weighted by Crippen LogP contribution is -2.10. The highest BCUT2D eigenvalue weighted by atomic mass is 79.9. The van der Waals surface area contributed by atoms with Crippen molar-refractivity contribution >= 4 is 37.0 Å². The lowest BCUT2D eigenvalue weighted by atomic mass is 10.2. The number of pyridine rings is 1. The molecule has 0 radical (unpaired) electrons. The largest absolute Gasteiger partial charge is 0.377 e. The van der Waals surface area contributed by atoms with E-state index in [0.29, 0.717) is 10.8 Å². The Morgan fingerprint density at radius 1 is 1.04 bits per heavy atom. The summed E-state index contributed by atoms with van der Waals surface area (Å²) in [5.41, 5.74) is 2.33. The van der Waals surface area contributed by atoms with Gasteiger partial charge in [0.1, 0.15) is 10.4 Å². The summed E-state index contributed by atoms with van der Waals surface area (Å²) < 4.78 is 30.3. The standard InChI is InChI=1S/C17H14BrNO3S/c1-12-5-8-14-3-2-4-16(17(14)19-12)22-23(20,21)15-9-6-13(11-18)7-10-15/h2-10H,11H2,1H3. The fourth-order valence-corrected chi connectivity index (χ4v) is 3.51. The molecule has 2 aromatic carbocycles. The van der Waals surface area contributed by atoms with Crippen molar-refractivity contribution in [3.05, 3.63) is 65.9 Å². The Hall–Kier alpha value is -1.92. The van der Waals surface area contributed by atoms with Gasteiger partial charge in [-0.15, -0.1) is 0 Å². The van der Waals surface area contributed by atoms with E-state index in [-0.39, 0.29) is 10.6 Å². The lowest BCUT2D eigenvalue weighted by molar-refractivity contribution is 0.488. The fraction of sp³-hybridized carbons (Fsp3) is 0.118. The number of hydrogen-bond acceptors (Lipinski definition) is 4. The first kappa shape index (κ1) is 16.0. The third-order valence-electron chi connectivity index (χ3n) is 3.39. The van der Waals surface area contributed by atoms with E-state index >= 15 is 0 Å². The first-order chi connectivity index (χ1) is 11.0. The van der Waals surface area contributed by atoms with E-state index in [1.165, 1.54) is 12.1 Å². The van der Waals surface area contributed by atoms with Crippen LogP contribution in [0.1, 0.15) is 11.3 Å². The molecule has 0 aliphatic heterocycles. The van der Waals surface area contributed by atoms with Crippen LogP contribution in [0.5, 0.6) is 5.75 Å². The van der Waals surface area contributed by atoms with Crippen LogP contribution < -0.4 is 4.18 Å². The van der Waals surface area contributed by atoms with Gasteiger partial charge >= 0.3 is 10.1 Å². The summed E-state index contributed by atoms with van der Waals surface area (Å²) >= 11 is 3.33. The van der Waals surface area contributed by atoms with Gasteiger partial charge in [0.15, 0.2) is 5.75 Å². The summed E-state index contributed by atoms with van der Waals surface area (Å²) in [6.45, 7) is 1.85. The Bertz CT molecular complexity index is 953. The van der Waals surface area contributed by atoms with Crippen molar-refractivity contribution in [2.45, 2.75) is 17.1 Å². The first-order valence-corrected chi connectivity index (χ1v) is 9.48. The quantitative estimate of drug-likeness (QED) is 0.493. The minimum Gasteiger partial charge on any atom is -0.377 e. The number of nitrogens with zero attached hydrogens (tertiary/aromatic N) is 1. The maximum Gasteiger partial charge on any atom is 0.339 e. The van der Waals surface area contributed by atoms with Gasteiger partial charge in [-0.1, -0.05) is 46.3 Å². The highest BCUT2D eigenvalue weighted by Crippen LogP contribution is 2.27. The summed E-state index contributed by atoms with van der Waals surface area (Å²) in [6.07, 6.45) is 0. The molecule has 0 aliphatic rings. The number of alkyl halides is 1. The molecule has 1 aromatic heterocycles. The molecule has 0 atom stereocenters. The summed E-state index contributed by atoms with van der Waals surface area (Å²) in [7, 11) is -3.90. The van der Waals surface area contributed by atoms with Gasteiger partial charge in [0, 0.05) is 16.4 Å². The second-order valence-electron chi connectivity index (χ2n) is 5.10. The van der Waals surface area contributed by atoms with Crippen LogP contribution in [0, 0.1) is 6.92 Å². The van der Waals surface area contributed by atoms with E-state index in [9.17, 15) is 8.42 Å². The molecule has 118 valence electrons. The average molecular weight is 392 g/mol. The Kier molecular flexibility index (Phi) is 4.37. The van der Waals surface area contributed by atoms with E-state index in [0.717, 1.165) is 16.6 Å². The summed E-state index contributed by atoms with van der Waals surface area (Å²) in [5.74, 6) is 0.232. The Morgan fingerprint density at radius 3 is 2.48 bits per heavy atom. The predicted octanol–water partition coefficient (Wildman–Crippen LogP) is 4.21. The molecule has 3 rings (SSSR count). The third-order valence-corrected chi connectivity index (χ3v) is 5.28. The zero-order valence-corrected chi connectivity index (χ0v) is 14.8. The molecule has 0 spiro atoms. The highest BCUT2D eigenvalue weighted by molar-refractivity contribution is 9.08. The zero-order chi connectivity index (χ0) is 16.4. The van der Waals surface area contributed by atoms with Crippen LogP contribution in [0.25, 0.3) is 10.9 Å². The molecule has 1 heterocycles. The van der Waals surface area contributed by atoms with Gasteiger partial charge in [0.2, 0.25) is 0 Å². The maximum absolute atomic E-state index is 12.5. The molecule has 6 heteroatoms. The van der Waals surface area contributed by atoms with Gasteiger partial charge in [-0.2, -0.15) is 8.42 Å². The molecule has 0 saturated heterocycles. The summed E-state index contributed by atoms with van der Waals surface area (Å²) in [6, 6.07) is 15.6. The van der Waals surface area contributed by atoms with Gasteiger partial charge in [-0.25, -0.2) is 4.98 Å². The molecule has 0 N–H and O–H groups in total. The molecule has 0 amide bonds. The van der Waals surface area contributed by atoms with Crippen molar-refractivity contribution in [3.8, 4) is 5.75 Å². The van der Waals surface area contributed by atoms with E-state index in [1.807, 2.05) is 25.1 Å². The van der Waals surface area contributed by atoms with Crippen LogP contribution in [-0.2, 0) is 15.4 Å². The van der Waals surface area contributed by atoms with Gasteiger partial charge in [0.25, 0.3) is 0 Å². The lowest BCUT2D eigenvalue weighted by Gasteiger charge is -2.10. The van der Waals surface area contributed by atoms with Crippen LogP contribution >= 0.6 is 15.9 Å². The Balaban J connectivity index is 2.01. The van der Waals surface area contributed by atoms with Crippen LogP contribution in [0.2, 0.25) is 0 Å². The van der Waals surface area contributed by atoms with E-state index in [4.69, 9.17) is 4.18 Å². The van der Waals surface area contributed by atoms with Crippen molar-refractivity contribution in [2.24, 2.45) is 0 Å². The molecule has 4 nitrogen and oxygen atoms in total. The van der Waals surface area contributed by atoms with Gasteiger partial charge in [0.05, 0.1) is 0 Å². The maximum atomic E-state index is 12.5. The van der Waals surface area contributed by atoms with Crippen LogP contribution in [0.4, 0.5) is 0 Å². The number of hydrogen-bond donors (Lipinski definition) is 0. The molecule has 0 unspecified atom stereocenters. The topological polar surface area (TPSA) is 56.3 Å². The van der Waals surface area contributed by atoms with Crippen molar-refractivity contribution < 1.29 is 12.6 Å². The number of fused-ring (bicyclic) bond motifs is 1. The van der Waals surface area contributed by atoms with E-state index in [2.05, 4.69) is 20.9 Å². The number of benzene rings is 2. The molecule has 3 aromatic rings.